The van der Waals surface area contributed by atoms with Crippen molar-refractivity contribution >= 4 is 11.8 Å². The van der Waals surface area contributed by atoms with E-state index in [1.165, 1.54) is 0 Å². The van der Waals surface area contributed by atoms with Crippen LogP contribution in [0.3, 0.4) is 0 Å². The van der Waals surface area contributed by atoms with Crippen LogP contribution in [0.15, 0.2) is 54.6 Å². The predicted molar refractivity (Wildman–Crippen MR) is 76.8 cm³/mol. The molecule has 3 heteroatoms. The molecule has 0 radical (unpaired) electrons. The van der Waals surface area contributed by atoms with E-state index in [-0.39, 0.29) is 5.78 Å². The van der Waals surface area contributed by atoms with Gasteiger partial charge in [-0.25, -0.2) is 4.79 Å². The SMILES string of the molecule is Cc1cccc(C(=O)OC(C)C(=O)c2ccccc2)c1. The fourth-order valence-electron chi connectivity index (χ4n) is 1.89. The second kappa shape index (κ2) is 6.15. The predicted octanol–water partition coefficient (Wildman–Crippen LogP) is 3.42. The Morgan fingerprint density at radius 2 is 1.60 bits per heavy atom. The van der Waals surface area contributed by atoms with E-state index >= 15 is 0 Å². The lowest BCUT2D eigenvalue weighted by atomic mass is 10.1. The molecule has 0 amide bonds. The molecule has 0 fully saturated rings. The van der Waals surface area contributed by atoms with Crippen molar-refractivity contribution in [1.82, 2.24) is 0 Å². The van der Waals surface area contributed by atoms with Gasteiger partial charge in [-0.2, -0.15) is 0 Å². The molecule has 0 N–H and O–H groups in total. The van der Waals surface area contributed by atoms with Crippen LogP contribution in [0, 0.1) is 6.92 Å². The van der Waals surface area contributed by atoms with Crippen molar-refractivity contribution in [2.45, 2.75) is 20.0 Å². The number of ketones is 1. The lowest BCUT2D eigenvalue weighted by Gasteiger charge is -2.12. The number of hydrogen-bond acceptors (Lipinski definition) is 3. The third-order valence-corrected chi connectivity index (χ3v) is 2.97. The highest BCUT2D eigenvalue weighted by Gasteiger charge is 2.20. The molecule has 0 aliphatic carbocycles. The molecule has 2 aromatic carbocycles. The van der Waals surface area contributed by atoms with Crippen molar-refractivity contribution in [3.63, 3.8) is 0 Å². The minimum absolute atomic E-state index is 0.202. The lowest BCUT2D eigenvalue weighted by molar-refractivity contribution is 0.0318. The van der Waals surface area contributed by atoms with Crippen LogP contribution in [0.2, 0.25) is 0 Å². The maximum absolute atomic E-state index is 12.1. The van der Waals surface area contributed by atoms with E-state index in [2.05, 4.69) is 0 Å². The Hall–Kier alpha value is -2.42. The van der Waals surface area contributed by atoms with Crippen molar-refractivity contribution in [2.24, 2.45) is 0 Å². The van der Waals surface area contributed by atoms with E-state index < -0.39 is 12.1 Å². The molecular weight excluding hydrogens is 252 g/mol. The van der Waals surface area contributed by atoms with Crippen molar-refractivity contribution in [2.75, 3.05) is 0 Å². The number of Topliss-reactive ketones (excluding diaryl/α,β-unsaturated/α-hetero) is 1. The smallest absolute Gasteiger partial charge is 0.338 e. The number of esters is 1. The quantitative estimate of drug-likeness (QED) is 0.630. The highest BCUT2D eigenvalue weighted by atomic mass is 16.5. The summed E-state index contributed by atoms with van der Waals surface area (Å²) in [5.74, 6) is -0.683. The molecule has 0 saturated carbocycles. The van der Waals surface area contributed by atoms with E-state index in [0.717, 1.165) is 5.56 Å². The molecule has 3 nitrogen and oxygen atoms in total. The van der Waals surface area contributed by atoms with Gasteiger partial charge in [0.05, 0.1) is 5.56 Å². The van der Waals surface area contributed by atoms with E-state index in [4.69, 9.17) is 4.74 Å². The first-order valence-corrected chi connectivity index (χ1v) is 6.45. The zero-order valence-corrected chi connectivity index (χ0v) is 11.5. The second-order valence-corrected chi connectivity index (χ2v) is 4.65. The van der Waals surface area contributed by atoms with Crippen molar-refractivity contribution < 1.29 is 14.3 Å². The molecule has 0 aliphatic heterocycles. The number of hydrogen-bond donors (Lipinski definition) is 0. The second-order valence-electron chi connectivity index (χ2n) is 4.65. The Labute approximate surface area is 118 Å². The average molecular weight is 268 g/mol. The highest BCUT2D eigenvalue weighted by molar-refractivity contribution is 6.01. The molecule has 2 aromatic rings. The molecule has 1 atom stereocenters. The topological polar surface area (TPSA) is 43.4 Å². The van der Waals surface area contributed by atoms with E-state index in [0.29, 0.717) is 11.1 Å². The fraction of sp³-hybridized carbons (Fsp3) is 0.176. The Kier molecular flexibility index (Phi) is 4.31. The molecule has 0 spiro atoms. The summed E-state index contributed by atoms with van der Waals surface area (Å²) in [5.41, 5.74) is 1.97. The Bertz CT molecular complexity index is 617. The molecule has 20 heavy (non-hydrogen) atoms. The number of benzene rings is 2. The summed E-state index contributed by atoms with van der Waals surface area (Å²) in [4.78, 5) is 24.1. The molecular formula is C17H16O3. The number of aryl methyl sites for hydroxylation is 1. The van der Waals surface area contributed by atoms with Crippen molar-refractivity contribution in [3.05, 3.63) is 71.3 Å². The summed E-state index contributed by atoms with van der Waals surface area (Å²) in [6.45, 7) is 3.48. The van der Waals surface area contributed by atoms with Gasteiger partial charge in [-0.15, -0.1) is 0 Å². The van der Waals surface area contributed by atoms with Crippen LogP contribution in [0.4, 0.5) is 0 Å². The van der Waals surface area contributed by atoms with Gasteiger partial charge in [0.25, 0.3) is 0 Å². The minimum atomic E-state index is -0.801. The van der Waals surface area contributed by atoms with Gasteiger partial charge >= 0.3 is 5.97 Å². The van der Waals surface area contributed by atoms with E-state index in [1.807, 2.05) is 19.1 Å². The first-order chi connectivity index (χ1) is 9.58. The van der Waals surface area contributed by atoms with Crippen molar-refractivity contribution in [1.29, 1.82) is 0 Å². The Balaban J connectivity index is 2.06. The van der Waals surface area contributed by atoms with Gasteiger partial charge < -0.3 is 4.74 Å². The van der Waals surface area contributed by atoms with E-state index in [1.54, 1.807) is 49.4 Å². The zero-order valence-electron chi connectivity index (χ0n) is 11.5. The number of carbonyl (C=O) groups excluding carboxylic acids is 2. The van der Waals surface area contributed by atoms with Gasteiger partial charge in [0.15, 0.2) is 6.10 Å². The van der Waals surface area contributed by atoms with Crippen LogP contribution in [-0.2, 0) is 4.74 Å². The Morgan fingerprint density at radius 1 is 0.950 bits per heavy atom. The van der Waals surface area contributed by atoms with Crippen LogP contribution >= 0.6 is 0 Å². The summed E-state index contributed by atoms with van der Waals surface area (Å²) in [6.07, 6.45) is -0.801. The maximum atomic E-state index is 12.1. The third kappa shape index (κ3) is 3.32. The van der Waals surface area contributed by atoms with Crippen molar-refractivity contribution in [3.8, 4) is 0 Å². The minimum Gasteiger partial charge on any atom is -0.451 e. The van der Waals surface area contributed by atoms with Crippen LogP contribution in [0.1, 0.15) is 33.2 Å². The molecule has 102 valence electrons. The standard InChI is InChI=1S/C17H16O3/c1-12-7-6-10-15(11-12)17(19)20-13(2)16(18)14-8-4-3-5-9-14/h3-11,13H,1-2H3. The van der Waals surface area contributed by atoms with Crippen LogP contribution < -0.4 is 0 Å². The van der Waals surface area contributed by atoms with Crippen LogP contribution in [0.25, 0.3) is 0 Å². The third-order valence-electron chi connectivity index (χ3n) is 2.97. The van der Waals surface area contributed by atoms with Crippen LogP contribution in [-0.4, -0.2) is 17.9 Å². The zero-order chi connectivity index (χ0) is 14.5. The molecule has 0 heterocycles. The largest absolute Gasteiger partial charge is 0.451 e. The average Bonchev–Trinajstić information content (AvgIpc) is 2.47. The lowest BCUT2D eigenvalue weighted by Crippen LogP contribution is -2.24. The van der Waals surface area contributed by atoms with Crippen LogP contribution in [0.5, 0.6) is 0 Å². The Morgan fingerprint density at radius 3 is 2.25 bits per heavy atom. The van der Waals surface area contributed by atoms with Gasteiger partial charge in [0.2, 0.25) is 5.78 Å². The number of carbonyl (C=O) groups is 2. The highest BCUT2D eigenvalue weighted by Crippen LogP contribution is 2.10. The van der Waals surface area contributed by atoms with E-state index in [9.17, 15) is 9.59 Å². The molecule has 0 saturated heterocycles. The maximum Gasteiger partial charge on any atom is 0.338 e. The molecule has 1 unspecified atom stereocenters. The van der Waals surface area contributed by atoms with Gasteiger partial charge in [0, 0.05) is 5.56 Å². The first-order valence-electron chi connectivity index (χ1n) is 6.45. The monoisotopic (exact) mass is 268 g/mol. The van der Waals surface area contributed by atoms with Gasteiger partial charge in [0.1, 0.15) is 0 Å². The van der Waals surface area contributed by atoms with Gasteiger partial charge in [-0.1, -0.05) is 48.0 Å². The molecule has 0 aliphatic rings. The summed E-state index contributed by atoms with van der Waals surface area (Å²) < 4.78 is 5.22. The summed E-state index contributed by atoms with van der Waals surface area (Å²) in [7, 11) is 0. The summed E-state index contributed by atoms with van der Waals surface area (Å²) in [5, 5.41) is 0. The molecule has 2 rings (SSSR count). The van der Waals surface area contributed by atoms with Gasteiger partial charge in [-0.3, -0.25) is 4.79 Å². The first kappa shape index (κ1) is 14.0. The normalized spacial score (nSPS) is 11.7. The number of ether oxygens (including phenoxy) is 1. The molecule has 0 bridgehead atoms. The number of rotatable bonds is 4. The summed E-state index contributed by atoms with van der Waals surface area (Å²) >= 11 is 0. The summed E-state index contributed by atoms with van der Waals surface area (Å²) in [6, 6.07) is 15.9. The molecule has 0 aromatic heterocycles. The van der Waals surface area contributed by atoms with Gasteiger partial charge in [-0.05, 0) is 26.0 Å². The fourth-order valence-corrected chi connectivity index (χ4v) is 1.89.